The summed E-state index contributed by atoms with van der Waals surface area (Å²) in [6.07, 6.45) is 1.42. The second kappa shape index (κ2) is 13.7. The molecule has 0 aliphatic heterocycles. The lowest BCUT2D eigenvalue weighted by Gasteiger charge is -2.22. The SMILES string of the molecule is Cc1c(N(CC(=O)N/N=C\c2ccc(OCc3cccc(Cl)c3)cc2)S(=O)(=O)c2ccccc2)c(=O)n(-c2ccccc2)n1C. The van der Waals surface area contributed by atoms with Gasteiger partial charge < -0.3 is 4.74 Å². The van der Waals surface area contributed by atoms with Crippen LogP contribution in [0, 0.1) is 6.92 Å². The molecule has 1 amide bonds. The van der Waals surface area contributed by atoms with E-state index in [1.807, 2.05) is 24.3 Å². The number of amides is 1. The fraction of sp³-hybridized carbons (Fsp3) is 0.121. The third kappa shape index (κ3) is 7.17. The van der Waals surface area contributed by atoms with Gasteiger partial charge in [-0.2, -0.15) is 5.10 Å². The fourth-order valence-corrected chi connectivity index (χ4v) is 6.34. The number of hydrazone groups is 1. The zero-order chi connectivity index (χ0) is 32.0. The number of nitrogens with one attached hydrogen (secondary N) is 1. The molecule has 0 atom stereocenters. The zero-order valence-corrected chi connectivity index (χ0v) is 26.1. The third-order valence-corrected chi connectivity index (χ3v) is 8.96. The number of aromatic nitrogens is 2. The normalized spacial score (nSPS) is 11.4. The molecular formula is C33H30ClN5O5S. The van der Waals surface area contributed by atoms with Crippen molar-refractivity contribution in [2.24, 2.45) is 12.1 Å². The Morgan fingerprint density at radius 1 is 0.956 bits per heavy atom. The van der Waals surface area contributed by atoms with Gasteiger partial charge in [-0.05, 0) is 78.7 Å². The Labute approximate surface area is 265 Å². The van der Waals surface area contributed by atoms with E-state index in [4.69, 9.17) is 16.3 Å². The van der Waals surface area contributed by atoms with E-state index >= 15 is 0 Å². The van der Waals surface area contributed by atoms with E-state index in [0.29, 0.717) is 34.3 Å². The zero-order valence-electron chi connectivity index (χ0n) is 24.5. The summed E-state index contributed by atoms with van der Waals surface area (Å²) in [6.45, 7) is 1.30. The molecule has 1 aromatic heterocycles. The van der Waals surface area contributed by atoms with Crippen molar-refractivity contribution in [3.8, 4) is 11.4 Å². The van der Waals surface area contributed by atoms with Crippen molar-refractivity contribution in [1.29, 1.82) is 0 Å². The first kappa shape index (κ1) is 31.3. The minimum Gasteiger partial charge on any atom is -0.489 e. The standard InChI is InChI=1S/C33H30ClN5O5S/c1-24-32(33(41)39(37(24)2)28-12-5-3-6-13-28)38(45(42,43)30-14-7-4-8-15-30)22-31(40)36-35-21-25-16-18-29(19-17-25)44-23-26-10-9-11-27(34)20-26/h3-21H,22-23H2,1-2H3,(H,36,40)/b35-21-. The molecule has 0 radical (unpaired) electrons. The highest BCUT2D eigenvalue weighted by molar-refractivity contribution is 7.92. The lowest BCUT2D eigenvalue weighted by Crippen LogP contribution is -2.42. The van der Waals surface area contributed by atoms with Gasteiger partial charge in [0.25, 0.3) is 21.5 Å². The van der Waals surface area contributed by atoms with Crippen molar-refractivity contribution in [3.63, 3.8) is 0 Å². The van der Waals surface area contributed by atoms with Crippen LogP contribution < -0.4 is 20.0 Å². The van der Waals surface area contributed by atoms with Crippen LogP contribution in [0.2, 0.25) is 5.02 Å². The van der Waals surface area contributed by atoms with Crippen LogP contribution in [0.4, 0.5) is 5.69 Å². The molecule has 0 saturated heterocycles. The van der Waals surface area contributed by atoms with Gasteiger partial charge in [-0.25, -0.2) is 22.8 Å². The second-order valence-corrected chi connectivity index (χ2v) is 12.3. The molecule has 5 aromatic rings. The quantitative estimate of drug-likeness (QED) is 0.160. The molecule has 4 aromatic carbocycles. The van der Waals surface area contributed by atoms with Crippen molar-refractivity contribution in [2.75, 3.05) is 10.8 Å². The maximum Gasteiger partial charge on any atom is 0.296 e. The Morgan fingerprint density at radius 2 is 1.62 bits per heavy atom. The predicted molar refractivity (Wildman–Crippen MR) is 175 cm³/mol. The van der Waals surface area contributed by atoms with Gasteiger partial charge in [0.2, 0.25) is 0 Å². The van der Waals surface area contributed by atoms with E-state index in [2.05, 4.69) is 10.5 Å². The number of hydrogen-bond donors (Lipinski definition) is 1. The predicted octanol–water partition coefficient (Wildman–Crippen LogP) is 5.06. The minimum absolute atomic E-state index is 0.0621. The lowest BCUT2D eigenvalue weighted by molar-refractivity contribution is -0.119. The summed E-state index contributed by atoms with van der Waals surface area (Å²) in [4.78, 5) is 26.8. The molecule has 10 nitrogen and oxygen atoms in total. The number of nitrogens with zero attached hydrogens (tertiary/aromatic N) is 4. The van der Waals surface area contributed by atoms with Gasteiger partial charge >= 0.3 is 0 Å². The van der Waals surface area contributed by atoms with E-state index in [-0.39, 0.29) is 10.6 Å². The van der Waals surface area contributed by atoms with Gasteiger partial charge in [-0.15, -0.1) is 0 Å². The smallest absolute Gasteiger partial charge is 0.296 e. The van der Waals surface area contributed by atoms with Gasteiger partial charge in [-0.1, -0.05) is 60.1 Å². The molecule has 0 fully saturated rings. The number of carbonyl (C=O) groups is 1. The molecule has 45 heavy (non-hydrogen) atoms. The average molecular weight is 644 g/mol. The first-order chi connectivity index (χ1) is 21.6. The molecular weight excluding hydrogens is 614 g/mol. The molecule has 0 unspecified atom stereocenters. The van der Waals surface area contributed by atoms with Crippen molar-refractivity contribution in [2.45, 2.75) is 18.4 Å². The summed E-state index contributed by atoms with van der Waals surface area (Å²) in [6, 6.07) is 30.9. The van der Waals surface area contributed by atoms with Crippen LogP contribution in [0.5, 0.6) is 5.75 Å². The molecule has 230 valence electrons. The number of para-hydroxylation sites is 1. The highest BCUT2D eigenvalue weighted by Crippen LogP contribution is 2.25. The van der Waals surface area contributed by atoms with Gasteiger partial charge in [0, 0.05) is 12.1 Å². The van der Waals surface area contributed by atoms with Crippen LogP contribution in [0.15, 0.2) is 124 Å². The molecule has 5 rings (SSSR count). The second-order valence-electron chi connectivity index (χ2n) is 10.0. The van der Waals surface area contributed by atoms with E-state index < -0.39 is 28.0 Å². The van der Waals surface area contributed by atoms with E-state index in [1.165, 1.54) is 23.0 Å². The van der Waals surface area contributed by atoms with E-state index in [0.717, 1.165) is 9.87 Å². The lowest BCUT2D eigenvalue weighted by atomic mass is 10.2. The number of halogens is 1. The average Bonchev–Trinajstić information content (AvgIpc) is 3.27. The summed E-state index contributed by atoms with van der Waals surface area (Å²) < 4.78 is 37.2. The van der Waals surface area contributed by atoms with Gasteiger partial charge in [-0.3, -0.25) is 14.3 Å². The maximum absolute atomic E-state index is 13.8. The Morgan fingerprint density at radius 3 is 2.29 bits per heavy atom. The Bertz CT molecular complexity index is 1990. The van der Waals surface area contributed by atoms with Gasteiger partial charge in [0.15, 0.2) is 0 Å². The number of sulfonamides is 1. The molecule has 12 heteroatoms. The molecule has 0 aliphatic carbocycles. The summed E-state index contributed by atoms with van der Waals surface area (Å²) in [5, 5.41) is 4.63. The summed E-state index contributed by atoms with van der Waals surface area (Å²) in [5.41, 5.74) is 4.16. The summed E-state index contributed by atoms with van der Waals surface area (Å²) >= 11 is 6.02. The number of ether oxygens (including phenoxy) is 1. The Balaban J connectivity index is 1.34. The highest BCUT2D eigenvalue weighted by Gasteiger charge is 2.33. The number of anilines is 1. The molecule has 0 aliphatic rings. The van der Waals surface area contributed by atoms with E-state index in [9.17, 15) is 18.0 Å². The van der Waals surface area contributed by atoms with Crippen LogP contribution in [0.25, 0.3) is 5.69 Å². The first-order valence-electron chi connectivity index (χ1n) is 13.9. The van der Waals surface area contributed by atoms with E-state index in [1.54, 1.807) is 91.4 Å². The Kier molecular flexibility index (Phi) is 9.50. The van der Waals surface area contributed by atoms with Gasteiger partial charge in [0.05, 0.1) is 22.5 Å². The number of benzene rings is 4. The van der Waals surface area contributed by atoms with Crippen molar-refractivity contribution in [1.82, 2.24) is 14.8 Å². The molecule has 1 heterocycles. The number of rotatable bonds is 11. The molecule has 1 N–H and O–H groups in total. The van der Waals surface area contributed by atoms with Crippen LogP contribution in [0.1, 0.15) is 16.8 Å². The monoisotopic (exact) mass is 643 g/mol. The van der Waals surface area contributed by atoms with Crippen molar-refractivity contribution in [3.05, 3.63) is 141 Å². The summed E-state index contributed by atoms with van der Waals surface area (Å²) in [5.74, 6) is -0.0987. The molecule has 0 bridgehead atoms. The highest BCUT2D eigenvalue weighted by atomic mass is 35.5. The van der Waals surface area contributed by atoms with Crippen LogP contribution in [0.3, 0.4) is 0 Å². The topological polar surface area (TPSA) is 115 Å². The largest absolute Gasteiger partial charge is 0.489 e. The fourth-order valence-electron chi connectivity index (χ4n) is 4.63. The number of carbonyl (C=O) groups excluding carboxylic acids is 1. The molecule has 0 saturated carbocycles. The summed E-state index contributed by atoms with van der Waals surface area (Å²) in [7, 11) is -2.67. The first-order valence-corrected chi connectivity index (χ1v) is 15.7. The number of hydrogen-bond acceptors (Lipinski definition) is 6. The Hall–Kier alpha value is -5.13. The third-order valence-electron chi connectivity index (χ3n) is 6.97. The van der Waals surface area contributed by atoms with Crippen LogP contribution in [-0.4, -0.2) is 36.4 Å². The maximum atomic E-state index is 13.8. The van der Waals surface area contributed by atoms with Crippen LogP contribution >= 0.6 is 11.6 Å². The minimum atomic E-state index is -4.32. The van der Waals surface area contributed by atoms with Crippen molar-refractivity contribution < 1.29 is 17.9 Å². The van der Waals surface area contributed by atoms with Gasteiger partial charge in [0.1, 0.15) is 24.6 Å². The molecule has 0 spiro atoms. The van der Waals surface area contributed by atoms with Crippen molar-refractivity contribution >= 4 is 39.4 Å². The van der Waals surface area contributed by atoms with Crippen LogP contribution in [-0.2, 0) is 28.5 Å².